The van der Waals surface area contributed by atoms with Crippen LogP contribution < -0.4 is 0 Å². The van der Waals surface area contributed by atoms with Gasteiger partial charge in [-0.2, -0.15) is 11.8 Å². The van der Waals surface area contributed by atoms with Crippen molar-refractivity contribution in [3.63, 3.8) is 0 Å². The Morgan fingerprint density at radius 2 is 2.18 bits per heavy atom. The van der Waals surface area contributed by atoms with Gasteiger partial charge in [-0.05, 0) is 36.8 Å². The SMILES string of the molecule is Cc1ccc(C(=O)N2CCCSCC2)c(F)c1. The van der Waals surface area contributed by atoms with Crippen LogP contribution in [0.2, 0.25) is 0 Å². The van der Waals surface area contributed by atoms with Crippen molar-refractivity contribution < 1.29 is 9.18 Å². The molecule has 0 aromatic heterocycles. The number of hydrogen-bond donors (Lipinski definition) is 0. The van der Waals surface area contributed by atoms with Gasteiger partial charge in [0.2, 0.25) is 0 Å². The van der Waals surface area contributed by atoms with Crippen molar-refractivity contribution in [2.24, 2.45) is 0 Å². The molecule has 1 aliphatic heterocycles. The van der Waals surface area contributed by atoms with Gasteiger partial charge in [0.05, 0.1) is 5.56 Å². The summed E-state index contributed by atoms with van der Waals surface area (Å²) in [6.07, 6.45) is 0.990. The fourth-order valence-electron chi connectivity index (χ4n) is 1.91. The topological polar surface area (TPSA) is 20.3 Å². The number of hydrogen-bond acceptors (Lipinski definition) is 2. The van der Waals surface area contributed by atoms with Gasteiger partial charge in [0.1, 0.15) is 5.82 Å². The van der Waals surface area contributed by atoms with Crippen LogP contribution in [0.15, 0.2) is 18.2 Å². The van der Waals surface area contributed by atoms with E-state index in [-0.39, 0.29) is 11.5 Å². The number of benzene rings is 1. The van der Waals surface area contributed by atoms with E-state index >= 15 is 0 Å². The smallest absolute Gasteiger partial charge is 0.256 e. The molecule has 1 aromatic rings. The molecule has 0 spiro atoms. The first-order chi connectivity index (χ1) is 8.18. The quantitative estimate of drug-likeness (QED) is 0.767. The maximum Gasteiger partial charge on any atom is 0.256 e. The van der Waals surface area contributed by atoms with Crippen LogP contribution >= 0.6 is 11.8 Å². The van der Waals surface area contributed by atoms with E-state index in [0.29, 0.717) is 0 Å². The highest BCUT2D eigenvalue weighted by molar-refractivity contribution is 7.99. The molecular formula is C13H16FNOS. The Kier molecular flexibility index (Phi) is 4.05. The van der Waals surface area contributed by atoms with Gasteiger partial charge in [0.25, 0.3) is 5.91 Å². The Balaban J connectivity index is 2.17. The normalized spacial score (nSPS) is 16.7. The van der Waals surface area contributed by atoms with E-state index in [2.05, 4.69) is 0 Å². The number of aryl methyl sites for hydroxylation is 1. The molecule has 1 heterocycles. The van der Waals surface area contributed by atoms with Gasteiger partial charge in [0, 0.05) is 18.8 Å². The zero-order valence-corrected chi connectivity index (χ0v) is 10.7. The maximum atomic E-state index is 13.7. The first-order valence-electron chi connectivity index (χ1n) is 5.81. The summed E-state index contributed by atoms with van der Waals surface area (Å²) in [6, 6.07) is 4.79. The fourth-order valence-corrected chi connectivity index (χ4v) is 2.80. The highest BCUT2D eigenvalue weighted by Crippen LogP contribution is 2.16. The molecular weight excluding hydrogens is 237 g/mol. The van der Waals surface area contributed by atoms with E-state index in [1.807, 2.05) is 18.7 Å². The van der Waals surface area contributed by atoms with Crippen LogP contribution in [0.1, 0.15) is 22.3 Å². The van der Waals surface area contributed by atoms with Gasteiger partial charge >= 0.3 is 0 Å². The summed E-state index contributed by atoms with van der Waals surface area (Å²) in [6.45, 7) is 3.27. The zero-order chi connectivity index (χ0) is 12.3. The first kappa shape index (κ1) is 12.4. The van der Waals surface area contributed by atoms with E-state index in [0.717, 1.165) is 36.6 Å². The second-order valence-corrected chi connectivity index (χ2v) is 5.47. The van der Waals surface area contributed by atoms with Crippen molar-refractivity contribution in [1.29, 1.82) is 0 Å². The molecule has 17 heavy (non-hydrogen) atoms. The molecule has 1 aliphatic rings. The summed E-state index contributed by atoms with van der Waals surface area (Å²) >= 11 is 1.85. The van der Waals surface area contributed by atoms with Crippen LogP contribution in [-0.2, 0) is 0 Å². The van der Waals surface area contributed by atoms with Crippen LogP contribution in [0.4, 0.5) is 4.39 Å². The van der Waals surface area contributed by atoms with Gasteiger partial charge in [-0.15, -0.1) is 0 Å². The first-order valence-corrected chi connectivity index (χ1v) is 6.97. The van der Waals surface area contributed by atoms with Crippen LogP contribution in [0.3, 0.4) is 0 Å². The molecule has 0 N–H and O–H groups in total. The van der Waals surface area contributed by atoms with Crippen LogP contribution in [-0.4, -0.2) is 35.4 Å². The van der Waals surface area contributed by atoms with Crippen molar-refractivity contribution >= 4 is 17.7 Å². The average molecular weight is 253 g/mol. The Bertz CT molecular complexity index is 414. The Morgan fingerprint density at radius 3 is 2.94 bits per heavy atom. The summed E-state index contributed by atoms with van der Waals surface area (Å²) in [5, 5.41) is 0. The van der Waals surface area contributed by atoms with E-state index in [1.54, 1.807) is 17.0 Å². The molecule has 2 nitrogen and oxygen atoms in total. The highest BCUT2D eigenvalue weighted by atomic mass is 32.2. The molecule has 1 fully saturated rings. The van der Waals surface area contributed by atoms with Crippen LogP contribution in [0.5, 0.6) is 0 Å². The van der Waals surface area contributed by atoms with Gasteiger partial charge in [-0.3, -0.25) is 4.79 Å². The van der Waals surface area contributed by atoms with Crippen LogP contribution in [0, 0.1) is 12.7 Å². The minimum atomic E-state index is -0.410. The van der Waals surface area contributed by atoms with E-state index in [1.165, 1.54) is 6.07 Å². The number of carbonyl (C=O) groups excluding carboxylic acids is 1. The third-order valence-corrected chi connectivity index (χ3v) is 3.91. The van der Waals surface area contributed by atoms with E-state index < -0.39 is 5.82 Å². The summed E-state index contributed by atoms with van der Waals surface area (Å²) < 4.78 is 13.7. The lowest BCUT2D eigenvalue weighted by atomic mass is 10.1. The van der Waals surface area contributed by atoms with Crippen molar-refractivity contribution in [2.45, 2.75) is 13.3 Å². The number of nitrogens with zero attached hydrogens (tertiary/aromatic N) is 1. The number of carbonyl (C=O) groups is 1. The third kappa shape index (κ3) is 3.00. The summed E-state index contributed by atoms with van der Waals surface area (Å²) in [5.74, 6) is 1.44. The average Bonchev–Trinajstić information content (AvgIpc) is 2.56. The number of thioether (sulfide) groups is 1. The lowest BCUT2D eigenvalue weighted by Crippen LogP contribution is -2.33. The molecule has 0 radical (unpaired) electrons. The van der Waals surface area contributed by atoms with Gasteiger partial charge < -0.3 is 4.90 Å². The standard InChI is InChI=1S/C13H16FNOS/c1-10-3-4-11(12(14)9-10)13(16)15-5-2-7-17-8-6-15/h3-4,9H,2,5-8H2,1H3. The molecule has 0 atom stereocenters. The van der Waals surface area contributed by atoms with Gasteiger partial charge in [-0.1, -0.05) is 6.07 Å². The lowest BCUT2D eigenvalue weighted by molar-refractivity contribution is 0.0764. The predicted octanol–water partition coefficient (Wildman–Crippen LogP) is 2.71. The van der Waals surface area contributed by atoms with Crippen molar-refractivity contribution in [2.75, 3.05) is 24.6 Å². The molecule has 0 unspecified atom stereocenters. The summed E-state index contributed by atoms with van der Waals surface area (Å²) in [4.78, 5) is 13.9. The van der Waals surface area contributed by atoms with Crippen molar-refractivity contribution in [1.82, 2.24) is 4.90 Å². The third-order valence-electron chi connectivity index (χ3n) is 2.86. The largest absolute Gasteiger partial charge is 0.338 e. The molecule has 1 amide bonds. The Labute approximate surface area is 105 Å². The summed E-state index contributed by atoms with van der Waals surface area (Å²) in [5.41, 5.74) is 1.04. The molecule has 1 aromatic carbocycles. The monoisotopic (exact) mass is 253 g/mol. The molecule has 92 valence electrons. The number of amides is 1. The minimum absolute atomic E-state index is 0.176. The molecule has 0 saturated carbocycles. The second kappa shape index (κ2) is 5.54. The molecule has 2 rings (SSSR count). The van der Waals surface area contributed by atoms with Crippen molar-refractivity contribution in [3.05, 3.63) is 35.1 Å². The van der Waals surface area contributed by atoms with Gasteiger partial charge in [0.15, 0.2) is 0 Å². The lowest BCUT2D eigenvalue weighted by Gasteiger charge is -2.20. The Hall–Kier alpha value is -1.03. The zero-order valence-electron chi connectivity index (χ0n) is 9.91. The fraction of sp³-hybridized carbons (Fsp3) is 0.462. The molecule has 0 bridgehead atoms. The van der Waals surface area contributed by atoms with Gasteiger partial charge in [-0.25, -0.2) is 4.39 Å². The van der Waals surface area contributed by atoms with E-state index in [4.69, 9.17) is 0 Å². The number of rotatable bonds is 1. The predicted molar refractivity (Wildman–Crippen MR) is 69.0 cm³/mol. The summed E-state index contributed by atoms with van der Waals surface area (Å²) in [7, 11) is 0. The van der Waals surface area contributed by atoms with Crippen molar-refractivity contribution in [3.8, 4) is 0 Å². The molecule has 1 saturated heterocycles. The Morgan fingerprint density at radius 1 is 1.35 bits per heavy atom. The molecule has 4 heteroatoms. The molecule has 0 aliphatic carbocycles. The van der Waals surface area contributed by atoms with E-state index in [9.17, 15) is 9.18 Å². The maximum absolute atomic E-state index is 13.7. The van der Waals surface area contributed by atoms with Crippen LogP contribution in [0.25, 0.3) is 0 Å². The minimum Gasteiger partial charge on any atom is -0.338 e. The second-order valence-electron chi connectivity index (χ2n) is 4.24. The highest BCUT2D eigenvalue weighted by Gasteiger charge is 2.20. The number of halogens is 1.